The average Bonchev–Trinajstić information content (AvgIpc) is 2.43. The number of anilines is 2. The first-order chi connectivity index (χ1) is 9.91. The molecule has 5 nitrogen and oxygen atoms in total. The van der Waals surface area contributed by atoms with E-state index in [0.717, 1.165) is 5.56 Å². The highest BCUT2D eigenvalue weighted by Gasteiger charge is 2.15. The molecule has 2 aromatic rings. The Kier molecular flexibility index (Phi) is 4.37. The first kappa shape index (κ1) is 15.2. The maximum atomic E-state index is 12.3. The van der Waals surface area contributed by atoms with Crippen molar-refractivity contribution in [1.29, 1.82) is 0 Å². The summed E-state index contributed by atoms with van der Waals surface area (Å²) in [5, 5.41) is 0. The summed E-state index contributed by atoms with van der Waals surface area (Å²) in [5.74, 6) is 0.302. The minimum absolute atomic E-state index is 0.184. The van der Waals surface area contributed by atoms with Gasteiger partial charge in [-0.2, -0.15) is 0 Å². The molecule has 0 fully saturated rings. The Bertz CT molecular complexity index is 742. The summed E-state index contributed by atoms with van der Waals surface area (Å²) >= 11 is 0. The van der Waals surface area contributed by atoms with E-state index < -0.39 is 10.0 Å². The molecule has 6 heteroatoms. The fourth-order valence-electron chi connectivity index (χ4n) is 1.96. The van der Waals surface area contributed by atoms with Gasteiger partial charge in [-0.05, 0) is 36.2 Å². The van der Waals surface area contributed by atoms with Crippen molar-refractivity contribution >= 4 is 21.4 Å². The number of methoxy groups -OCH3 is 1. The van der Waals surface area contributed by atoms with Crippen LogP contribution in [0.25, 0.3) is 0 Å². The first-order valence-corrected chi connectivity index (χ1v) is 8.05. The fourth-order valence-corrected chi connectivity index (χ4v) is 3.20. The molecule has 0 amide bonds. The largest absolute Gasteiger partial charge is 0.495 e. The van der Waals surface area contributed by atoms with Gasteiger partial charge in [0.05, 0.1) is 18.6 Å². The molecule has 0 aromatic heterocycles. The Labute approximate surface area is 124 Å². The zero-order valence-corrected chi connectivity index (χ0v) is 12.8. The predicted molar refractivity (Wildman–Crippen MR) is 84.8 cm³/mol. The summed E-state index contributed by atoms with van der Waals surface area (Å²) in [6.45, 7) is 1.91. The normalized spacial score (nSPS) is 11.1. The lowest BCUT2D eigenvalue weighted by Crippen LogP contribution is -2.16. The summed E-state index contributed by atoms with van der Waals surface area (Å²) in [4.78, 5) is 0. The second-order valence-electron chi connectivity index (χ2n) is 4.76. The molecule has 0 bridgehead atoms. The molecule has 0 spiro atoms. The van der Waals surface area contributed by atoms with Crippen LogP contribution in [0.2, 0.25) is 0 Å². The molecule has 2 rings (SSSR count). The van der Waals surface area contributed by atoms with Crippen LogP contribution in [0.4, 0.5) is 11.4 Å². The highest BCUT2D eigenvalue weighted by molar-refractivity contribution is 7.91. The summed E-state index contributed by atoms with van der Waals surface area (Å²) in [7, 11) is -2.06. The number of benzene rings is 2. The van der Waals surface area contributed by atoms with E-state index in [9.17, 15) is 8.42 Å². The number of ether oxygens (including phenoxy) is 1. The number of aryl methyl sites for hydroxylation is 1. The van der Waals surface area contributed by atoms with Gasteiger partial charge in [0, 0.05) is 5.69 Å². The first-order valence-electron chi connectivity index (χ1n) is 6.40. The summed E-state index contributed by atoms with van der Waals surface area (Å²) < 4.78 is 32.2. The van der Waals surface area contributed by atoms with Crippen molar-refractivity contribution in [1.82, 2.24) is 0 Å². The third-order valence-electron chi connectivity index (χ3n) is 3.02. The lowest BCUT2D eigenvalue weighted by Gasteiger charge is -2.13. The SMILES string of the molecule is COc1cc(C)ccc1NS(=O)(=O)Cc1ccccc1N. The van der Waals surface area contributed by atoms with Crippen molar-refractivity contribution in [2.75, 3.05) is 17.6 Å². The van der Waals surface area contributed by atoms with Crippen molar-refractivity contribution in [3.8, 4) is 5.75 Å². The second kappa shape index (κ2) is 6.05. The number of nitrogens with two attached hydrogens (primary N) is 1. The van der Waals surface area contributed by atoms with Gasteiger partial charge in [-0.15, -0.1) is 0 Å². The Morgan fingerprint density at radius 1 is 1.19 bits per heavy atom. The van der Waals surface area contributed by atoms with E-state index in [0.29, 0.717) is 22.7 Å². The maximum Gasteiger partial charge on any atom is 0.237 e. The van der Waals surface area contributed by atoms with E-state index in [2.05, 4.69) is 4.72 Å². The average molecular weight is 306 g/mol. The fraction of sp³-hybridized carbons (Fsp3) is 0.200. The van der Waals surface area contributed by atoms with Crippen molar-refractivity contribution in [2.45, 2.75) is 12.7 Å². The standard InChI is InChI=1S/C15H18N2O3S/c1-11-7-8-14(15(9-11)20-2)17-21(18,19)10-12-5-3-4-6-13(12)16/h3-9,17H,10,16H2,1-2H3. The zero-order valence-electron chi connectivity index (χ0n) is 12.0. The Balaban J connectivity index is 2.24. The van der Waals surface area contributed by atoms with Crippen LogP contribution in [0.3, 0.4) is 0 Å². The number of nitrogens with one attached hydrogen (secondary N) is 1. The Hall–Kier alpha value is -2.21. The summed E-state index contributed by atoms with van der Waals surface area (Å²) in [6, 6.07) is 12.2. The highest BCUT2D eigenvalue weighted by Crippen LogP contribution is 2.27. The van der Waals surface area contributed by atoms with Crippen molar-refractivity contribution in [3.63, 3.8) is 0 Å². The van der Waals surface area contributed by atoms with E-state index in [4.69, 9.17) is 10.5 Å². The van der Waals surface area contributed by atoms with E-state index in [1.807, 2.05) is 13.0 Å². The molecule has 0 unspecified atom stereocenters. The highest BCUT2D eigenvalue weighted by atomic mass is 32.2. The molecule has 2 aromatic carbocycles. The van der Waals surface area contributed by atoms with Gasteiger partial charge in [0.25, 0.3) is 0 Å². The zero-order chi connectivity index (χ0) is 15.5. The lowest BCUT2D eigenvalue weighted by atomic mass is 10.2. The molecule has 0 saturated heterocycles. The molecule has 0 atom stereocenters. The third kappa shape index (κ3) is 3.88. The third-order valence-corrected chi connectivity index (χ3v) is 4.25. The van der Waals surface area contributed by atoms with Crippen LogP contribution in [0.5, 0.6) is 5.75 Å². The quantitative estimate of drug-likeness (QED) is 0.832. The number of sulfonamides is 1. The van der Waals surface area contributed by atoms with Crippen LogP contribution in [-0.2, 0) is 15.8 Å². The van der Waals surface area contributed by atoms with Crippen LogP contribution in [-0.4, -0.2) is 15.5 Å². The number of para-hydroxylation sites is 1. The smallest absolute Gasteiger partial charge is 0.237 e. The van der Waals surface area contributed by atoms with Gasteiger partial charge in [-0.1, -0.05) is 24.3 Å². The molecule has 0 aliphatic heterocycles. The van der Waals surface area contributed by atoms with Crippen molar-refractivity contribution < 1.29 is 13.2 Å². The molecule has 0 heterocycles. The number of hydrogen-bond acceptors (Lipinski definition) is 4. The van der Waals surface area contributed by atoms with Crippen LogP contribution < -0.4 is 15.2 Å². The molecule has 0 radical (unpaired) electrons. The minimum atomic E-state index is -3.57. The van der Waals surface area contributed by atoms with Crippen LogP contribution in [0.15, 0.2) is 42.5 Å². The van der Waals surface area contributed by atoms with Gasteiger partial charge in [0.2, 0.25) is 10.0 Å². The Morgan fingerprint density at radius 3 is 2.57 bits per heavy atom. The summed E-state index contributed by atoms with van der Waals surface area (Å²) in [6.07, 6.45) is 0. The second-order valence-corrected chi connectivity index (χ2v) is 6.49. The molecular formula is C15H18N2O3S. The van der Waals surface area contributed by atoms with E-state index in [1.165, 1.54) is 7.11 Å². The minimum Gasteiger partial charge on any atom is -0.495 e. The maximum absolute atomic E-state index is 12.3. The van der Waals surface area contributed by atoms with Gasteiger partial charge in [-0.3, -0.25) is 4.72 Å². The van der Waals surface area contributed by atoms with Gasteiger partial charge >= 0.3 is 0 Å². The van der Waals surface area contributed by atoms with Gasteiger partial charge in [-0.25, -0.2) is 8.42 Å². The van der Waals surface area contributed by atoms with Crippen LogP contribution >= 0.6 is 0 Å². The van der Waals surface area contributed by atoms with Crippen LogP contribution in [0, 0.1) is 6.92 Å². The van der Waals surface area contributed by atoms with Gasteiger partial charge < -0.3 is 10.5 Å². The molecule has 21 heavy (non-hydrogen) atoms. The molecule has 112 valence electrons. The van der Waals surface area contributed by atoms with E-state index >= 15 is 0 Å². The van der Waals surface area contributed by atoms with Crippen molar-refractivity contribution in [3.05, 3.63) is 53.6 Å². The number of nitrogen functional groups attached to an aromatic ring is 1. The van der Waals surface area contributed by atoms with E-state index in [-0.39, 0.29) is 5.75 Å². The van der Waals surface area contributed by atoms with Gasteiger partial charge in [0.1, 0.15) is 5.75 Å². The molecule has 0 saturated carbocycles. The van der Waals surface area contributed by atoms with Gasteiger partial charge in [0.15, 0.2) is 0 Å². The summed E-state index contributed by atoms with van der Waals surface area (Å²) in [5.41, 5.74) is 8.21. The van der Waals surface area contributed by atoms with Crippen LogP contribution in [0.1, 0.15) is 11.1 Å². The lowest BCUT2D eigenvalue weighted by molar-refractivity contribution is 0.416. The Morgan fingerprint density at radius 2 is 1.90 bits per heavy atom. The molecular weight excluding hydrogens is 288 g/mol. The number of hydrogen-bond donors (Lipinski definition) is 2. The van der Waals surface area contributed by atoms with Crippen molar-refractivity contribution in [2.24, 2.45) is 0 Å². The predicted octanol–water partition coefficient (Wildman–Crippen LogP) is 2.53. The molecule has 0 aliphatic carbocycles. The monoisotopic (exact) mass is 306 g/mol. The van der Waals surface area contributed by atoms with E-state index in [1.54, 1.807) is 36.4 Å². The topological polar surface area (TPSA) is 81.4 Å². The molecule has 0 aliphatic rings. The molecule has 3 N–H and O–H groups in total. The number of rotatable bonds is 5.